The first-order valence-corrected chi connectivity index (χ1v) is 7.16. The number of anilines is 1. The van der Waals surface area contributed by atoms with E-state index in [4.69, 9.17) is 11.6 Å². The van der Waals surface area contributed by atoms with Crippen molar-refractivity contribution in [2.75, 3.05) is 29.5 Å². The van der Waals surface area contributed by atoms with Crippen LogP contribution in [0.1, 0.15) is 5.56 Å². The summed E-state index contributed by atoms with van der Waals surface area (Å²) in [7, 11) is -0.709. The highest BCUT2D eigenvalue weighted by Crippen LogP contribution is 2.21. The van der Waals surface area contributed by atoms with Crippen LogP contribution in [0.5, 0.6) is 0 Å². The Kier molecular flexibility index (Phi) is 3.82. The standard InChI is InChI=1S/C11H13ClFNOS/c12-8-9-5-10(13)7-11(6-9)14-1-3-16(15)4-2-14/h5-7H,1-4,8H2. The van der Waals surface area contributed by atoms with Gasteiger partial charge < -0.3 is 4.90 Å². The average molecular weight is 262 g/mol. The van der Waals surface area contributed by atoms with Gasteiger partial charge in [-0.15, -0.1) is 11.6 Å². The third kappa shape index (κ3) is 2.74. The number of hydrogen-bond donors (Lipinski definition) is 0. The van der Waals surface area contributed by atoms with Crippen LogP contribution < -0.4 is 4.90 Å². The van der Waals surface area contributed by atoms with Crippen LogP contribution in [0.25, 0.3) is 0 Å². The van der Waals surface area contributed by atoms with Crippen LogP contribution in [-0.2, 0) is 16.7 Å². The summed E-state index contributed by atoms with van der Waals surface area (Å²) in [6.45, 7) is 1.44. The monoisotopic (exact) mass is 261 g/mol. The Morgan fingerprint density at radius 1 is 1.31 bits per heavy atom. The molecule has 0 spiro atoms. The molecule has 1 aromatic carbocycles. The van der Waals surface area contributed by atoms with E-state index in [1.54, 1.807) is 0 Å². The zero-order valence-electron chi connectivity index (χ0n) is 8.79. The molecule has 0 saturated carbocycles. The van der Waals surface area contributed by atoms with E-state index in [1.165, 1.54) is 12.1 Å². The topological polar surface area (TPSA) is 20.3 Å². The molecule has 1 aliphatic heterocycles. The summed E-state index contributed by atoms with van der Waals surface area (Å²) in [6, 6.07) is 4.84. The fraction of sp³-hybridized carbons (Fsp3) is 0.455. The van der Waals surface area contributed by atoms with Gasteiger partial charge in [0.1, 0.15) is 5.82 Å². The molecular weight excluding hydrogens is 249 g/mol. The lowest BCUT2D eigenvalue weighted by atomic mass is 10.2. The lowest BCUT2D eigenvalue weighted by molar-refractivity contribution is 0.625. The minimum atomic E-state index is -0.709. The van der Waals surface area contributed by atoms with Gasteiger partial charge >= 0.3 is 0 Å². The van der Waals surface area contributed by atoms with Crippen LogP contribution in [0.4, 0.5) is 10.1 Å². The van der Waals surface area contributed by atoms with E-state index >= 15 is 0 Å². The summed E-state index contributed by atoms with van der Waals surface area (Å²) in [6.07, 6.45) is 0. The number of benzene rings is 1. The van der Waals surface area contributed by atoms with Crippen molar-refractivity contribution < 1.29 is 8.60 Å². The van der Waals surface area contributed by atoms with Crippen molar-refractivity contribution in [3.05, 3.63) is 29.6 Å². The van der Waals surface area contributed by atoms with E-state index in [-0.39, 0.29) is 5.82 Å². The number of nitrogens with zero attached hydrogens (tertiary/aromatic N) is 1. The minimum absolute atomic E-state index is 0.264. The van der Waals surface area contributed by atoms with E-state index in [0.29, 0.717) is 17.4 Å². The molecule has 1 heterocycles. The number of hydrogen-bond acceptors (Lipinski definition) is 2. The van der Waals surface area contributed by atoms with Gasteiger partial charge in [-0.2, -0.15) is 0 Å². The van der Waals surface area contributed by atoms with Crippen LogP contribution in [0.15, 0.2) is 18.2 Å². The Balaban J connectivity index is 2.19. The van der Waals surface area contributed by atoms with E-state index in [9.17, 15) is 8.60 Å². The van der Waals surface area contributed by atoms with Gasteiger partial charge in [0.05, 0.1) is 0 Å². The van der Waals surface area contributed by atoms with Gasteiger partial charge in [0, 0.05) is 47.0 Å². The molecule has 1 fully saturated rings. The highest BCUT2D eigenvalue weighted by atomic mass is 35.5. The van der Waals surface area contributed by atoms with E-state index in [2.05, 4.69) is 4.90 Å². The predicted octanol–water partition coefficient (Wildman–Crippen LogP) is 2.13. The minimum Gasteiger partial charge on any atom is -0.370 e. The van der Waals surface area contributed by atoms with Crippen molar-refractivity contribution in [3.63, 3.8) is 0 Å². The van der Waals surface area contributed by atoms with Crippen molar-refractivity contribution in [2.24, 2.45) is 0 Å². The largest absolute Gasteiger partial charge is 0.370 e. The Labute approximate surface area is 102 Å². The van der Waals surface area contributed by atoms with Crippen LogP contribution in [0.3, 0.4) is 0 Å². The van der Waals surface area contributed by atoms with Crippen molar-refractivity contribution in [1.29, 1.82) is 0 Å². The first kappa shape index (κ1) is 11.9. The second-order valence-corrected chi connectivity index (χ2v) is 5.75. The average Bonchev–Trinajstić information content (AvgIpc) is 2.29. The summed E-state index contributed by atoms with van der Waals surface area (Å²) in [5.74, 6) is 1.36. The first-order chi connectivity index (χ1) is 7.69. The molecule has 88 valence electrons. The van der Waals surface area contributed by atoms with Crippen LogP contribution >= 0.6 is 11.6 Å². The first-order valence-electron chi connectivity index (χ1n) is 5.14. The maximum Gasteiger partial charge on any atom is 0.125 e. The second-order valence-electron chi connectivity index (χ2n) is 3.79. The van der Waals surface area contributed by atoms with Gasteiger partial charge in [0.2, 0.25) is 0 Å². The van der Waals surface area contributed by atoms with Crippen molar-refractivity contribution >= 4 is 28.1 Å². The summed E-state index contributed by atoms with van der Waals surface area (Å²) < 4.78 is 24.5. The van der Waals surface area contributed by atoms with Crippen LogP contribution in [0.2, 0.25) is 0 Å². The third-order valence-corrected chi connectivity index (χ3v) is 4.22. The normalized spacial score (nSPS) is 17.8. The van der Waals surface area contributed by atoms with Crippen molar-refractivity contribution in [1.82, 2.24) is 0 Å². The molecule has 0 aliphatic carbocycles. The number of rotatable bonds is 2. The highest BCUT2D eigenvalue weighted by molar-refractivity contribution is 7.85. The summed E-state index contributed by atoms with van der Waals surface area (Å²) in [5, 5.41) is 0. The second kappa shape index (κ2) is 5.15. The van der Waals surface area contributed by atoms with Gasteiger partial charge in [-0.25, -0.2) is 4.39 Å². The Morgan fingerprint density at radius 2 is 2.00 bits per heavy atom. The quantitative estimate of drug-likeness (QED) is 0.761. The molecule has 0 bridgehead atoms. The third-order valence-electron chi connectivity index (χ3n) is 2.64. The van der Waals surface area contributed by atoms with Gasteiger partial charge in [-0.1, -0.05) is 0 Å². The lowest BCUT2D eigenvalue weighted by Gasteiger charge is -2.28. The Morgan fingerprint density at radius 3 is 2.62 bits per heavy atom. The van der Waals surface area contributed by atoms with Crippen LogP contribution in [-0.4, -0.2) is 28.8 Å². The number of alkyl halides is 1. The smallest absolute Gasteiger partial charge is 0.125 e. The zero-order valence-corrected chi connectivity index (χ0v) is 10.4. The Hall–Kier alpha value is -0.610. The molecule has 1 aromatic rings. The zero-order chi connectivity index (χ0) is 11.5. The maximum atomic E-state index is 13.3. The molecule has 5 heteroatoms. The summed E-state index contributed by atoms with van der Waals surface area (Å²) in [5.41, 5.74) is 1.62. The molecule has 16 heavy (non-hydrogen) atoms. The molecule has 1 aliphatic rings. The lowest BCUT2D eigenvalue weighted by Crippen LogP contribution is -2.37. The Bertz CT molecular complexity index is 403. The van der Waals surface area contributed by atoms with Crippen LogP contribution in [0, 0.1) is 5.82 Å². The fourth-order valence-corrected chi connectivity index (χ4v) is 3.00. The van der Waals surface area contributed by atoms with Crippen molar-refractivity contribution in [2.45, 2.75) is 5.88 Å². The molecule has 0 amide bonds. The van der Waals surface area contributed by atoms with E-state index in [1.807, 2.05) is 6.07 Å². The molecule has 0 atom stereocenters. The predicted molar refractivity (Wildman–Crippen MR) is 66.0 cm³/mol. The molecule has 2 rings (SSSR count). The van der Waals surface area contributed by atoms with Gasteiger partial charge in [-0.3, -0.25) is 4.21 Å². The van der Waals surface area contributed by atoms with E-state index in [0.717, 1.165) is 24.3 Å². The number of halogens is 2. The molecule has 1 saturated heterocycles. The van der Waals surface area contributed by atoms with Gasteiger partial charge in [0.25, 0.3) is 0 Å². The molecular formula is C11H13ClFNOS. The van der Waals surface area contributed by atoms with Crippen molar-refractivity contribution in [3.8, 4) is 0 Å². The molecule has 0 aromatic heterocycles. The summed E-state index contributed by atoms with van der Waals surface area (Å²) >= 11 is 5.70. The highest BCUT2D eigenvalue weighted by Gasteiger charge is 2.16. The molecule has 0 unspecified atom stereocenters. The summed E-state index contributed by atoms with van der Waals surface area (Å²) in [4.78, 5) is 2.06. The van der Waals surface area contributed by atoms with Gasteiger partial charge in [0.15, 0.2) is 0 Å². The molecule has 2 nitrogen and oxygen atoms in total. The fourth-order valence-electron chi connectivity index (χ4n) is 1.79. The molecule has 0 radical (unpaired) electrons. The van der Waals surface area contributed by atoms with E-state index < -0.39 is 10.8 Å². The van der Waals surface area contributed by atoms with Gasteiger partial charge in [-0.05, 0) is 23.8 Å². The SMILES string of the molecule is O=S1CCN(c2cc(F)cc(CCl)c2)CC1. The maximum absolute atomic E-state index is 13.3. The molecule has 0 N–H and O–H groups in total.